The summed E-state index contributed by atoms with van der Waals surface area (Å²) in [5.74, 6) is 1.22. The standard InChI is InChI=1S/C29H42F2O3/c1-3-5-6-7-21-8-10-22(11-9-21)27-15-13-24(18-32-27)25-14-12-23(17-26(25)30)28-33-19-29(31,16-4-2)20-34-28/h12,14,17-18,21-22,27-28H,3-11,13,15-16,19-20H2,1-2H3. The molecule has 190 valence electrons. The largest absolute Gasteiger partial charge is 0.497 e. The van der Waals surface area contributed by atoms with E-state index < -0.39 is 12.0 Å². The molecule has 34 heavy (non-hydrogen) atoms. The molecule has 0 radical (unpaired) electrons. The fourth-order valence-electron chi connectivity index (χ4n) is 5.93. The Kier molecular flexibility index (Phi) is 9.03. The number of benzene rings is 1. The molecule has 1 aliphatic carbocycles. The smallest absolute Gasteiger partial charge is 0.184 e. The van der Waals surface area contributed by atoms with Gasteiger partial charge in [-0.3, -0.25) is 0 Å². The first-order chi connectivity index (χ1) is 16.5. The number of ether oxygens (including phenoxy) is 3. The van der Waals surface area contributed by atoms with Crippen LogP contribution in [-0.2, 0) is 14.2 Å². The maximum Gasteiger partial charge on any atom is 0.184 e. The molecule has 1 unspecified atom stereocenters. The number of unbranched alkanes of at least 4 members (excludes halogenated alkanes) is 2. The lowest BCUT2D eigenvalue weighted by Crippen LogP contribution is -2.41. The molecule has 1 aromatic carbocycles. The minimum atomic E-state index is -1.45. The molecule has 4 rings (SSSR count). The van der Waals surface area contributed by atoms with Crippen LogP contribution in [0, 0.1) is 17.7 Å². The summed E-state index contributed by atoms with van der Waals surface area (Å²) in [5, 5.41) is 0. The van der Waals surface area contributed by atoms with Crippen molar-refractivity contribution in [3.05, 3.63) is 41.4 Å². The predicted octanol–water partition coefficient (Wildman–Crippen LogP) is 8.29. The molecule has 0 spiro atoms. The van der Waals surface area contributed by atoms with E-state index in [9.17, 15) is 4.39 Å². The monoisotopic (exact) mass is 476 g/mol. The van der Waals surface area contributed by atoms with Gasteiger partial charge in [0.1, 0.15) is 11.9 Å². The normalized spacial score (nSPS) is 32.2. The summed E-state index contributed by atoms with van der Waals surface area (Å²) < 4.78 is 46.9. The lowest BCUT2D eigenvalue weighted by molar-refractivity contribution is -0.239. The molecular weight excluding hydrogens is 434 g/mol. The van der Waals surface area contributed by atoms with Crippen LogP contribution in [0.3, 0.4) is 0 Å². The molecule has 1 saturated heterocycles. The highest BCUT2D eigenvalue weighted by Gasteiger charge is 2.37. The average molecular weight is 477 g/mol. The quantitative estimate of drug-likeness (QED) is 0.336. The minimum Gasteiger partial charge on any atom is -0.497 e. The van der Waals surface area contributed by atoms with Crippen molar-refractivity contribution < 1.29 is 23.0 Å². The topological polar surface area (TPSA) is 27.7 Å². The Bertz CT molecular complexity index is 808. The van der Waals surface area contributed by atoms with Crippen molar-refractivity contribution >= 4 is 5.57 Å². The van der Waals surface area contributed by atoms with Gasteiger partial charge in [0.15, 0.2) is 12.0 Å². The summed E-state index contributed by atoms with van der Waals surface area (Å²) in [6.45, 7) is 4.17. The molecular formula is C29H42F2O3. The van der Waals surface area contributed by atoms with Gasteiger partial charge in [0, 0.05) is 11.1 Å². The van der Waals surface area contributed by atoms with E-state index in [0.717, 1.165) is 30.8 Å². The van der Waals surface area contributed by atoms with Gasteiger partial charge in [-0.1, -0.05) is 70.9 Å². The second-order valence-electron chi connectivity index (χ2n) is 10.7. The SMILES string of the molecule is CCCCCC1CCC(C2CCC(c3ccc(C4OCC(F)(CCC)CO4)cc3F)=CO2)CC1. The fraction of sp³-hybridized carbons (Fsp3) is 0.724. The Morgan fingerprint density at radius 2 is 1.74 bits per heavy atom. The van der Waals surface area contributed by atoms with Crippen molar-refractivity contribution in [2.24, 2.45) is 11.8 Å². The predicted molar refractivity (Wildman–Crippen MR) is 131 cm³/mol. The molecule has 2 aliphatic heterocycles. The lowest BCUT2D eigenvalue weighted by atomic mass is 9.76. The van der Waals surface area contributed by atoms with Crippen LogP contribution in [0.2, 0.25) is 0 Å². The van der Waals surface area contributed by atoms with Gasteiger partial charge in [-0.25, -0.2) is 8.78 Å². The Morgan fingerprint density at radius 3 is 2.35 bits per heavy atom. The Labute approximate surface area is 204 Å². The summed E-state index contributed by atoms with van der Waals surface area (Å²) in [6, 6.07) is 5.05. The molecule has 2 fully saturated rings. The van der Waals surface area contributed by atoms with E-state index in [4.69, 9.17) is 14.2 Å². The van der Waals surface area contributed by atoms with Gasteiger partial charge in [0.05, 0.1) is 19.5 Å². The van der Waals surface area contributed by atoms with Crippen LogP contribution in [-0.4, -0.2) is 25.0 Å². The summed E-state index contributed by atoms with van der Waals surface area (Å²) in [7, 11) is 0. The Hall–Kier alpha value is -1.46. The molecule has 5 heteroatoms. The molecule has 3 nitrogen and oxygen atoms in total. The first-order valence-electron chi connectivity index (χ1n) is 13.6. The van der Waals surface area contributed by atoms with Crippen molar-refractivity contribution in [2.75, 3.05) is 13.2 Å². The van der Waals surface area contributed by atoms with Gasteiger partial charge in [-0.15, -0.1) is 0 Å². The van der Waals surface area contributed by atoms with Crippen molar-refractivity contribution in [1.29, 1.82) is 0 Å². The molecule has 1 saturated carbocycles. The van der Waals surface area contributed by atoms with E-state index in [-0.39, 0.29) is 25.1 Å². The van der Waals surface area contributed by atoms with Crippen LogP contribution >= 0.6 is 0 Å². The zero-order valence-corrected chi connectivity index (χ0v) is 21.0. The van der Waals surface area contributed by atoms with Crippen LogP contribution < -0.4 is 0 Å². The maximum atomic E-state index is 15.0. The zero-order chi connectivity index (χ0) is 24.0. The first-order valence-corrected chi connectivity index (χ1v) is 13.6. The second kappa shape index (κ2) is 12.0. The Balaban J connectivity index is 1.29. The number of alkyl halides is 1. The molecule has 0 N–H and O–H groups in total. The average Bonchev–Trinajstić information content (AvgIpc) is 2.85. The molecule has 0 bridgehead atoms. The van der Waals surface area contributed by atoms with Crippen LogP contribution in [0.1, 0.15) is 108 Å². The third kappa shape index (κ3) is 6.40. The highest BCUT2D eigenvalue weighted by atomic mass is 19.1. The Morgan fingerprint density at radius 1 is 0.971 bits per heavy atom. The number of allylic oxidation sites excluding steroid dienone is 1. The van der Waals surface area contributed by atoms with Crippen LogP contribution in [0.4, 0.5) is 8.78 Å². The van der Waals surface area contributed by atoms with Gasteiger partial charge >= 0.3 is 0 Å². The van der Waals surface area contributed by atoms with Crippen molar-refractivity contribution in [2.45, 2.75) is 109 Å². The third-order valence-corrected chi connectivity index (χ3v) is 8.01. The molecule has 0 amide bonds. The van der Waals surface area contributed by atoms with Gasteiger partial charge in [0.2, 0.25) is 0 Å². The van der Waals surface area contributed by atoms with Crippen molar-refractivity contribution in [3.63, 3.8) is 0 Å². The first kappa shape index (κ1) is 25.6. The summed E-state index contributed by atoms with van der Waals surface area (Å²) in [6.07, 6.45) is 14.8. The number of hydrogen-bond donors (Lipinski definition) is 0. The minimum absolute atomic E-state index is 0.0179. The summed E-state index contributed by atoms with van der Waals surface area (Å²) in [4.78, 5) is 0. The van der Waals surface area contributed by atoms with E-state index in [1.54, 1.807) is 12.3 Å². The van der Waals surface area contributed by atoms with E-state index in [1.165, 1.54) is 57.4 Å². The van der Waals surface area contributed by atoms with Crippen molar-refractivity contribution in [1.82, 2.24) is 0 Å². The van der Waals surface area contributed by atoms with E-state index in [1.807, 2.05) is 13.0 Å². The highest BCUT2D eigenvalue weighted by molar-refractivity contribution is 5.66. The second-order valence-corrected chi connectivity index (χ2v) is 10.7. The third-order valence-electron chi connectivity index (χ3n) is 8.01. The molecule has 3 aliphatic rings. The zero-order valence-electron chi connectivity index (χ0n) is 21.0. The van der Waals surface area contributed by atoms with Gasteiger partial charge in [0.25, 0.3) is 0 Å². The van der Waals surface area contributed by atoms with E-state index in [2.05, 4.69) is 6.92 Å². The fourth-order valence-corrected chi connectivity index (χ4v) is 5.93. The number of halogens is 2. The van der Waals surface area contributed by atoms with Crippen LogP contribution in [0.25, 0.3) is 5.57 Å². The van der Waals surface area contributed by atoms with Crippen LogP contribution in [0.15, 0.2) is 24.5 Å². The van der Waals surface area contributed by atoms with E-state index >= 15 is 4.39 Å². The molecule has 0 aromatic heterocycles. The molecule has 2 heterocycles. The van der Waals surface area contributed by atoms with Crippen LogP contribution in [0.5, 0.6) is 0 Å². The molecule has 1 atom stereocenters. The number of hydrogen-bond acceptors (Lipinski definition) is 3. The van der Waals surface area contributed by atoms with Gasteiger partial charge in [-0.05, 0) is 55.6 Å². The van der Waals surface area contributed by atoms with E-state index in [0.29, 0.717) is 23.5 Å². The van der Waals surface area contributed by atoms with Gasteiger partial charge in [-0.2, -0.15) is 0 Å². The van der Waals surface area contributed by atoms with Gasteiger partial charge < -0.3 is 14.2 Å². The summed E-state index contributed by atoms with van der Waals surface area (Å²) in [5.41, 5.74) is 0.623. The highest BCUT2D eigenvalue weighted by Crippen LogP contribution is 2.39. The van der Waals surface area contributed by atoms with Crippen molar-refractivity contribution in [3.8, 4) is 0 Å². The lowest BCUT2D eigenvalue weighted by Gasteiger charge is -2.35. The number of rotatable bonds is 9. The maximum absolute atomic E-state index is 15.0. The molecule has 1 aromatic rings. The summed E-state index contributed by atoms with van der Waals surface area (Å²) >= 11 is 0.